The summed E-state index contributed by atoms with van der Waals surface area (Å²) in [4.78, 5) is 58.0. The molecule has 0 N–H and O–H groups in total. The first-order valence-electron chi connectivity index (χ1n) is 16.7. The Morgan fingerprint density at radius 2 is 1.16 bits per heavy atom. The largest absolute Gasteiger partial charge is 0.462 e. The van der Waals surface area contributed by atoms with Gasteiger partial charge in [-0.1, -0.05) is 151 Å². The Hall–Kier alpha value is -5.17. The lowest BCUT2D eigenvalue weighted by atomic mass is 9.81. The molecule has 5 aromatic carbocycles. The number of hydrogen-bond donors (Lipinski definition) is 0. The van der Waals surface area contributed by atoms with Crippen molar-refractivity contribution in [3.63, 3.8) is 0 Å². The van der Waals surface area contributed by atoms with Crippen LogP contribution in [0.5, 0.6) is 0 Å². The predicted molar refractivity (Wildman–Crippen MR) is 204 cm³/mol. The van der Waals surface area contributed by atoms with E-state index in [0.29, 0.717) is 0 Å². The Balaban J connectivity index is 1.62. The molecule has 1 amide bonds. The minimum absolute atomic E-state index is 0.0235. The van der Waals surface area contributed by atoms with E-state index in [-0.39, 0.29) is 23.6 Å². The molecule has 1 saturated heterocycles. The van der Waals surface area contributed by atoms with Crippen LogP contribution in [0.2, 0.25) is 0 Å². The average molecular weight is 716 g/mol. The molecule has 9 heteroatoms. The number of carbonyl (C=O) groups is 4. The van der Waals surface area contributed by atoms with Gasteiger partial charge in [-0.05, 0) is 40.5 Å². The Bertz CT molecular complexity index is 1940. The summed E-state index contributed by atoms with van der Waals surface area (Å²) in [7, 11) is 0. The molecule has 0 bridgehead atoms. The molecular weight excluding hydrogens is 678 g/mol. The van der Waals surface area contributed by atoms with Crippen molar-refractivity contribution in [2.45, 2.75) is 43.9 Å². The summed E-state index contributed by atoms with van der Waals surface area (Å²) in [6.07, 6.45) is -0.930. The molecule has 0 saturated carbocycles. The SMILES string of the molecule is CC(=O)OC(C)C1C(=O)N(C(C(=O)OCc2ccccc2)=P(c2ccccc2)(c2ccccc2)c2ccccc2)C1CC(=O)Sc1ccccc1. The van der Waals surface area contributed by atoms with E-state index in [2.05, 4.69) is 0 Å². The summed E-state index contributed by atoms with van der Waals surface area (Å²) in [5.41, 5.74) is 0.955. The lowest BCUT2D eigenvalue weighted by Crippen LogP contribution is -2.68. The van der Waals surface area contributed by atoms with Crippen LogP contribution in [-0.2, 0) is 35.3 Å². The van der Waals surface area contributed by atoms with Crippen molar-refractivity contribution in [3.05, 3.63) is 157 Å². The van der Waals surface area contributed by atoms with E-state index >= 15 is 4.79 Å². The molecule has 3 unspecified atom stereocenters. The van der Waals surface area contributed by atoms with E-state index in [1.165, 1.54) is 11.8 Å². The Kier molecular flexibility index (Phi) is 11.3. The molecular formula is C42H38NO6PS. The van der Waals surface area contributed by atoms with Crippen LogP contribution in [0.1, 0.15) is 25.8 Å². The number of likely N-dealkylation sites (tertiary alicyclic amines) is 1. The molecule has 0 aromatic heterocycles. The third-order valence-electron chi connectivity index (χ3n) is 8.85. The second-order valence-electron chi connectivity index (χ2n) is 12.2. The fourth-order valence-electron chi connectivity index (χ4n) is 6.68. The fraction of sp³-hybridized carbons (Fsp3) is 0.167. The zero-order valence-electron chi connectivity index (χ0n) is 28.3. The van der Waals surface area contributed by atoms with Crippen molar-refractivity contribution in [3.8, 4) is 0 Å². The number of rotatable bonds is 12. The zero-order chi connectivity index (χ0) is 35.8. The average Bonchev–Trinajstić information content (AvgIpc) is 3.15. The summed E-state index contributed by atoms with van der Waals surface area (Å²) < 4.78 is 11.7. The summed E-state index contributed by atoms with van der Waals surface area (Å²) >= 11 is 1.08. The van der Waals surface area contributed by atoms with Crippen molar-refractivity contribution in [2.24, 2.45) is 5.92 Å². The predicted octanol–water partition coefficient (Wildman–Crippen LogP) is 6.34. The highest BCUT2D eigenvalue weighted by atomic mass is 32.2. The van der Waals surface area contributed by atoms with Crippen LogP contribution in [0.25, 0.3) is 0 Å². The van der Waals surface area contributed by atoms with Crippen LogP contribution in [-0.4, -0.2) is 45.4 Å². The van der Waals surface area contributed by atoms with Crippen LogP contribution >= 0.6 is 18.6 Å². The van der Waals surface area contributed by atoms with Crippen LogP contribution in [0.15, 0.2) is 157 Å². The first-order valence-corrected chi connectivity index (χ1v) is 19.3. The number of nitrogens with zero attached hydrogens (tertiary/aromatic N) is 1. The van der Waals surface area contributed by atoms with Gasteiger partial charge in [0.1, 0.15) is 18.1 Å². The lowest BCUT2D eigenvalue weighted by molar-refractivity contribution is -0.167. The smallest absolute Gasteiger partial charge is 0.356 e. The number of carbonyl (C=O) groups excluding carboxylic acids is 4. The lowest BCUT2D eigenvalue weighted by Gasteiger charge is -2.51. The van der Waals surface area contributed by atoms with Gasteiger partial charge in [-0.3, -0.25) is 14.4 Å². The second-order valence-corrected chi connectivity index (χ2v) is 16.6. The number of benzene rings is 5. The van der Waals surface area contributed by atoms with Gasteiger partial charge in [-0.15, -0.1) is 0 Å². The van der Waals surface area contributed by atoms with Gasteiger partial charge in [-0.2, -0.15) is 0 Å². The van der Waals surface area contributed by atoms with Crippen molar-refractivity contribution in [2.75, 3.05) is 0 Å². The second kappa shape index (κ2) is 16.2. The Morgan fingerprint density at radius 1 is 0.706 bits per heavy atom. The first-order chi connectivity index (χ1) is 24.8. The molecule has 5 aromatic rings. The summed E-state index contributed by atoms with van der Waals surface area (Å²) in [6, 6.07) is 47.0. The molecule has 51 heavy (non-hydrogen) atoms. The molecule has 0 aliphatic carbocycles. The maximum atomic E-state index is 15.0. The monoisotopic (exact) mass is 715 g/mol. The van der Waals surface area contributed by atoms with Gasteiger partial charge >= 0.3 is 11.9 Å². The number of esters is 2. The highest BCUT2D eigenvalue weighted by Crippen LogP contribution is 2.50. The number of amides is 1. The van der Waals surface area contributed by atoms with E-state index in [1.807, 2.05) is 152 Å². The Labute approximate surface area is 302 Å². The van der Waals surface area contributed by atoms with Crippen LogP contribution in [0, 0.1) is 5.92 Å². The van der Waals surface area contributed by atoms with E-state index in [9.17, 15) is 14.4 Å². The molecule has 1 aliphatic heterocycles. The van der Waals surface area contributed by atoms with Crippen LogP contribution in [0.3, 0.4) is 0 Å². The van der Waals surface area contributed by atoms with Crippen molar-refractivity contribution < 1.29 is 28.7 Å². The maximum Gasteiger partial charge on any atom is 0.356 e. The van der Waals surface area contributed by atoms with Gasteiger partial charge in [0.05, 0.1) is 12.0 Å². The minimum atomic E-state index is -3.21. The van der Waals surface area contributed by atoms with E-state index < -0.39 is 42.8 Å². The fourth-order valence-corrected chi connectivity index (χ4v) is 11.9. The molecule has 0 radical (unpaired) electrons. The summed E-state index contributed by atoms with van der Waals surface area (Å²) in [6.45, 7) is -0.286. The molecule has 0 spiro atoms. The first kappa shape index (κ1) is 35.6. The quantitative estimate of drug-likeness (QED) is 0.0645. The van der Waals surface area contributed by atoms with Crippen molar-refractivity contribution in [1.29, 1.82) is 0 Å². The number of β-lactam (4-membered cyclic amide) rings is 1. The normalized spacial score (nSPS) is 16.0. The summed E-state index contributed by atoms with van der Waals surface area (Å²) in [5, 5.41) is 2.31. The highest BCUT2D eigenvalue weighted by Gasteiger charge is 2.56. The molecule has 3 atom stereocenters. The van der Waals surface area contributed by atoms with Crippen LogP contribution < -0.4 is 15.9 Å². The highest BCUT2D eigenvalue weighted by molar-refractivity contribution is 8.13. The number of thioether (sulfide) groups is 1. The van der Waals surface area contributed by atoms with Gasteiger partial charge < -0.3 is 14.4 Å². The molecule has 1 heterocycles. The number of hydrogen-bond acceptors (Lipinski definition) is 7. The third-order valence-corrected chi connectivity index (χ3v) is 14.0. The van der Waals surface area contributed by atoms with Crippen LogP contribution in [0.4, 0.5) is 0 Å². The topological polar surface area (TPSA) is 90.0 Å². The third kappa shape index (κ3) is 7.63. The van der Waals surface area contributed by atoms with Gasteiger partial charge in [0.25, 0.3) is 0 Å². The van der Waals surface area contributed by atoms with E-state index in [1.54, 1.807) is 6.92 Å². The van der Waals surface area contributed by atoms with E-state index in [4.69, 9.17) is 9.47 Å². The molecule has 1 aliphatic rings. The van der Waals surface area contributed by atoms with Gasteiger partial charge in [0.2, 0.25) is 5.91 Å². The maximum absolute atomic E-state index is 15.0. The zero-order valence-corrected chi connectivity index (χ0v) is 30.0. The van der Waals surface area contributed by atoms with Gasteiger partial charge in [0.15, 0.2) is 5.12 Å². The standard InChI is InChI=1S/C42H38NO6PS/c1-30(49-31(2)44)39-37(28-38(45)51-36-26-16-7-17-27-36)43(40(39)46)41(42(47)48-29-32-18-8-3-9-19-32)50(33-20-10-4-11-21-33,34-22-12-5-13-23-34)35-24-14-6-15-25-35/h3-27,30,37,39H,28-29H2,1-2H3. The summed E-state index contributed by atoms with van der Waals surface area (Å²) in [5.74, 6) is -2.48. The molecule has 6 rings (SSSR count). The molecule has 258 valence electrons. The minimum Gasteiger partial charge on any atom is -0.462 e. The Morgan fingerprint density at radius 3 is 1.63 bits per heavy atom. The van der Waals surface area contributed by atoms with Gasteiger partial charge in [0, 0.05) is 25.1 Å². The van der Waals surface area contributed by atoms with E-state index in [0.717, 1.165) is 38.1 Å². The molecule has 7 nitrogen and oxygen atoms in total. The molecule has 1 fully saturated rings. The van der Waals surface area contributed by atoms with Gasteiger partial charge in [-0.25, -0.2) is 4.79 Å². The van der Waals surface area contributed by atoms with Crippen molar-refractivity contribution in [1.82, 2.24) is 4.90 Å². The van der Waals surface area contributed by atoms with Crippen molar-refractivity contribution >= 4 is 62.9 Å². The number of ether oxygens (including phenoxy) is 2.